The predicted octanol–water partition coefficient (Wildman–Crippen LogP) is 4.15. The zero-order valence-electron chi connectivity index (χ0n) is 12.8. The molecule has 0 saturated carbocycles. The zero-order chi connectivity index (χ0) is 16.8. The van der Waals surface area contributed by atoms with Gasteiger partial charge in [-0.05, 0) is 24.1 Å². The van der Waals surface area contributed by atoms with Gasteiger partial charge in [0, 0.05) is 18.7 Å². The van der Waals surface area contributed by atoms with E-state index >= 15 is 0 Å². The van der Waals surface area contributed by atoms with Crippen LogP contribution >= 0.6 is 0 Å². The molecular weight excluding hydrogens is 310 g/mol. The Hall–Kier alpha value is -3.02. The molecule has 1 heterocycles. The number of aromatic nitrogens is 2. The van der Waals surface area contributed by atoms with Gasteiger partial charge in [-0.1, -0.05) is 30.3 Å². The Labute approximate surface area is 138 Å². The van der Waals surface area contributed by atoms with E-state index in [0.717, 1.165) is 12.5 Å². The minimum Gasteiger partial charge on any atom is -0.370 e. The van der Waals surface area contributed by atoms with Gasteiger partial charge >= 0.3 is 0 Å². The molecule has 0 aliphatic heterocycles. The summed E-state index contributed by atoms with van der Waals surface area (Å²) in [6, 6.07) is 15.1. The molecule has 3 rings (SSSR count). The van der Waals surface area contributed by atoms with Gasteiger partial charge < -0.3 is 10.6 Å². The smallest absolute Gasteiger partial charge is 0.149 e. The van der Waals surface area contributed by atoms with Gasteiger partial charge in [0.1, 0.15) is 29.6 Å². The highest BCUT2D eigenvalue weighted by Crippen LogP contribution is 2.20. The highest BCUT2D eigenvalue weighted by atomic mass is 19.1. The molecule has 0 saturated heterocycles. The number of hydrogen-bond acceptors (Lipinski definition) is 4. The maximum absolute atomic E-state index is 13.7. The summed E-state index contributed by atoms with van der Waals surface area (Å²) >= 11 is 0. The van der Waals surface area contributed by atoms with Crippen LogP contribution in [-0.4, -0.2) is 16.5 Å². The van der Waals surface area contributed by atoms with E-state index in [-0.39, 0.29) is 5.69 Å². The van der Waals surface area contributed by atoms with Crippen molar-refractivity contribution in [3.63, 3.8) is 0 Å². The predicted molar refractivity (Wildman–Crippen MR) is 90.3 cm³/mol. The Morgan fingerprint density at radius 1 is 0.875 bits per heavy atom. The van der Waals surface area contributed by atoms with Gasteiger partial charge in [0.15, 0.2) is 0 Å². The second-order valence-corrected chi connectivity index (χ2v) is 5.20. The van der Waals surface area contributed by atoms with E-state index < -0.39 is 11.6 Å². The second-order valence-electron chi connectivity index (χ2n) is 5.20. The van der Waals surface area contributed by atoms with Crippen LogP contribution in [0.1, 0.15) is 5.56 Å². The fourth-order valence-electron chi connectivity index (χ4n) is 2.23. The molecule has 2 N–H and O–H groups in total. The number of halogens is 2. The third-order valence-corrected chi connectivity index (χ3v) is 3.42. The molecule has 1 aromatic heterocycles. The molecule has 0 radical (unpaired) electrons. The van der Waals surface area contributed by atoms with Crippen molar-refractivity contribution >= 4 is 17.3 Å². The van der Waals surface area contributed by atoms with Gasteiger partial charge in [0.25, 0.3) is 0 Å². The number of nitrogens with one attached hydrogen (secondary N) is 2. The Morgan fingerprint density at radius 2 is 1.67 bits per heavy atom. The molecule has 0 amide bonds. The van der Waals surface area contributed by atoms with E-state index in [4.69, 9.17) is 0 Å². The highest BCUT2D eigenvalue weighted by Gasteiger charge is 2.05. The quantitative estimate of drug-likeness (QED) is 0.714. The molecule has 0 bridgehead atoms. The summed E-state index contributed by atoms with van der Waals surface area (Å²) in [7, 11) is 0. The Bertz CT molecular complexity index is 809. The second kappa shape index (κ2) is 7.50. The van der Waals surface area contributed by atoms with Crippen LogP contribution < -0.4 is 10.6 Å². The van der Waals surface area contributed by atoms with Crippen LogP contribution in [0.2, 0.25) is 0 Å². The first-order valence-corrected chi connectivity index (χ1v) is 7.52. The maximum atomic E-state index is 13.7. The molecule has 0 aliphatic carbocycles. The average Bonchev–Trinajstić information content (AvgIpc) is 2.59. The Morgan fingerprint density at radius 3 is 2.46 bits per heavy atom. The minimum absolute atomic E-state index is 0.158. The molecule has 0 aliphatic rings. The molecule has 2 aromatic carbocycles. The van der Waals surface area contributed by atoms with Gasteiger partial charge in [-0.2, -0.15) is 0 Å². The summed E-state index contributed by atoms with van der Waals surface area (Å²) in [4.78, 5) is 8.17. The zero-order valence-corrected chi connectivity index (χ0v) is 12.8. The largest absolute Gasteiger partial charge is 0.370 e. The van der Waals surface area contributed by atoms with Crippen molar-refractivity contribution in [1.29, 1.82) is 0 Å². The van der Waals surface area contributed by atoms with Gasteiger partial charge in [-0.25, -0.2) is 18.7 Å². The lowest BCUT2D eigenvalue weighted by Gasteiger charge is -2.09. The number of rotatable bonds is 6. The summed E-state index contributed by atoms with van der Waals surface area (Å²) < 4.78 is 26.6. The fourth-order valence-corrected chi connectivity index (χ4v) is 2.23. The van der Waals surface area contributed by atoms with Crippen molar-refractivity contribution < 1.29 is 8.78 Å². The van der Waals surface area contributed by atoms with Crippen molar-refractivity contribution in [2.75, 3.05) is 17.2 Å². The van der Waals surface area contributed by atoms with E-state index in [0.29, 0.717) is 18.2 Å². The van der Waals surface area contributed by atoms with Crippen molar-refractivity contribution in [2.24, 2.45) is 0 Å². The number of hydrogen-bond donors (Lipinski definition) is 2. The van der Waals surface area contributed by atoms with E-state index in [1.807, 2.05) is 18.2 Å². The van der Waals surface area contributed by atoms with Crippen molar-refractivity contribution in [1.82, 2.24) is 9.97 Å². The first-order chi connectivity index (χ1) is 11.7. The summed E-state index contributed by atoms with van der Waals surface area (Å²) in [5.74, 6) is -0.236. The van der Waals surface area contributed by atoms with E-state index in [2.05, 4.69) is 32.7 Å². The van der Waals surface area contributed by atoms with E-state index in [1.54, 1.807) is 6.07 Å². The third-order valence-electron chi connectivity index (χ3n) is 3.42. The molecule has 4 nitrogen and oxygen atoms in total. The standard InChI is InChI=1S/C18H16F2N4/c19-14-6-7-16(15(20)10-14)24-18-11-17(22-12-23-18)21-9-8-13-4-2-1-3-5-13/h1-7,10-12H,8-9H2,(H2,21,22,23,24). The summed E-state index contributed by atoms with van der Waals surface area (Å²) in [6.07, 6.45) is 2.24. The van der Waals surface area contributed by atoms with Gasteiger partial charge in [-0.15, -0.1) is 0 Å². The van der Waals surface area contributed by atoms with Crippen LogP contribution in [-0.2, 0) is 6.42 Å². The normalized spacial score (nSPS) is 10.4. The Balaban J connectivity index is 1.61. The lowest BCUT2D eigenvalue weighted by atomic mass is 10.1. The van der Waals surface area contributed by atoms with Crippen LogP contribution in [0, 0.1) is 11.6 Å². The SMILES string of the molecule is Fc1ccc(Nc2cc(NCCc3ccccc3)ncn2)c(F)c1. The first kappa shape index (κ1) is 15.9. The van der Waals surface area contributed by atoms with Crippen LogP contribution in [0.5, 0.6) is 0 Å². The number of nitrogens with zero attached hydrogens (tertiary/aromatic N) is 2. The maximum Gasteiger partial charge on any atom is 0.149 e. The Kier molecular flexibility index (Phi) is 4.96. The number of anilines is 3. The molecule has 24 heavy (non-hydrogen) atoms. The monoisotopic (exact) mass is 326 g/mol. The average molecular weight is 326 g/mol. The molecule has 122 valence electrons. The van der Waals surface area contributed by atoms with Crippen LogP contribution in [0.15, 0.2) is 60.9 Å². The van der Waals surface area contributed by atoms with Gasteiger partial charge in [-0.3, -0.25) is 0 Å². The molecule has 6 heteroatoms. The minimum atomic E-state index is -0.674. The van der Waals surface area contributed by atoms with Gasteiger partial charge in [0.2, 0.25) is 0 Å². The highest BCUT2D eigenvalue weighted by molar-refractivity contribution is 5.59. The van der Waals surface area contributed by atoms with Crippen molar-refractivity contribution in [2.45, 2.75) is 6.42 Å². The third kappa shape index (κ3) is 4.25. The van der Waals surface area contributed by atoms with Gasteiger partial charge in [0.05, 0.1) is 5.69 Å². The molecule has 0 spiro atoms. The molecular formula is C18H16F2N4. The number of benzene rings is 2. The van der Waals surface area contributed by atoms with E-state index in [1.165, 1.54) is 24.0 Å². The molecule has 0 fully saturated rings. The summed E-state index contributed by atoms with van der Waals surface area (Å²) in [5.41, 5.74) is 1.39. The summed E-state index contributed by atoms with van der Waals surface area (Å²) in [6.45, 7) is 0.714. The fraction of sp³-hybridized carbons (Fsp3) is 0.111. The molecule has 0 atom stereocenters. The lowest BCUT2D eigenvalue weighted by Crippen LogP contribution is -2.07. The van der Waals surface area contributed by atoms with Crippen molar-refractivity contribution in [3.05, 3.63) is 78.1 Å². The van der Waals surface area contributed by atoms with Crippen molar-refractivity contribution in [3.8, 4) is 0 Å². The van der Waals surface area contributed by atoms with E-state index in [9.17, 15) is 8.78 Å². The van der Waals surface area contributed by atoms with Crippen LogP contribution in [0.25, 0.3) is 0 Å². The van der Waals surface area contributed by atoms with Crippen LogP contribution in [0.3, 0.4) is 0 Å². The summed E-state index contributed by atoms with van der Waals surface area (Å²) in [5, 5.41) is 6.01. The topological polar surface area (TPSA) is 49.8 Å². The first-order valence-electron chi connectivity index (χ1n) is 7.52. The van der Waals surface area contributed by atoms with Crippen LogP contribution in [0.4, 0.5) is 26.1 Å². The molecule has 0 unspecified atom stereocenters. The molecule has 3 aromatic rings. The lowest BCUT2D eigenvalue weighted by molar-refractivity contribution is 0.586.